The van der Waals surface area contributed by atoms with Crippen LogP contribution in [0.4, 0.5) is 0 Å². The molecule has 0 aromatic heterocycles. The summed E-state index contributed by atoms with van der Waals surface area (Å²) in [6, 6.07) is 7.71. The average molecular weight is 298 g/mol. The molecule has 2 saturated carbocycles. The van der Waals surface area contributed by atoms with E-state index in [-0.39, 0.29) is 17.5 Å². The van der Waals surface area contributed by atoms with Gasteiger partial charge in [0.25, 0.3) is 0 Å². The zero-order chi connectivity index (χ0) is 15.7. The van der Waals surface area contributed by atoms with Crippen LogP contribution >= 0.6 is 0 Å². The van der Waals surface area contributed by atoms with Crippen LogP contribution in [0.2, 0.25) is 0 Å². The van der Waals surface area contributed by atoms with Gasteiger partial charge in [-0.1, -0.05) is 19.1 Å². The summed E-state index contributed by atoms with van der Waals surface area (Å²) in [6.45, 7) is 1.98. The SMILES string of the molecule is COc1ccc(/C=C2\CC[C@H]3C(=O)CCC[C@]3(C)C2=O)cc1. The van der Waals surface area contributed by atoms with Crippen molar-refractivity contribution >= 4 is 17.6 Å². The Hall–Kier alpha value is -1.90. The molecule has 1 aromatic rings. The van der Waals surface area contributed by atoms with Gasteiger partial charge in [-0.05, 0) is 55.0 Å². The van der Waals surface area contributed by atoms with Gasteiger partial charge in [-0.15, -0.1) is 0 Å². The Bertz CT molecular complexity index is 627. The third kappa shape index (κ3) is 2.49. The van der Waals surface area contributed by atoms with Crippen molar-refractivity contribution in [3.05, 3.63) is 35.4 Å². The molecule has 2 aliphatic carbocycles. The molecule has 0 N–H and O–H groups in total. The first-order valence-electron chi connectivity index (χ1n) is 7.97. The highest BCUT2D eigenvalue weighted by Crippen LogP contribution is 2.48. The van der Waals surface area contributed by atoms with Crippen LogP contribution in [0, 0.1) is 11.3 Å². The van der Waals surface area contributed by atoms with Crippen LogP contribution in [-0.4, -0.2) is 18.7 Å². The van der Waals surface area contributed by atoms with Crippen LogP contribution in [0.25, 0.3) is 6.08 Å². The van der Waals surface area contributed by atoms with E-state index >= 15 is 0 Å². The molecule has 0 amide bonds. The fourth-order valence-electron chi connectivity index (χ4n) is 3.90. The second-order valence-electron chi connectivity index (χ2n) is 6.60. The molecule has 2 atom stereocenters. The predicted octanol–water partition coefficient (Wildman–Crippen LogP) is 3.82. The Kier molecular flexibility index (Phi) is 3.90. The minimum Gasteiger partial charge on any atom is -0.497 e. The molecule has 0 bridgehead atoms. The van der Waals surface area contributed by atoms with Crippen molar-refractivity contribution < 1.29 is 14.3 Å². The lowest BCUT2D eigenvalue weighted by Gasteiger charge is -2.43. The second-order valence-corrected chi connectivity index (χ2v) is 6.60. The van der Waals surface area contributed by atoms with Gasteiger partial charge in [0.2, 0.25) is 0 Å². The van der Waals surface area contributed by atoms with Gasteiger partial charge in [-0.25, -0.2) is 0 Å². The van der Waals surface area contributed by atoms with Gasteiger partial charge in [0, 0.05) is 17.8 Å². The molecule has 2 aliphatic rings. The Morgan fingerprint density at radius 2 is 1.91 bits per heavy atom. The lowest BCUT2D eigenvalue weighted by atomic mass is 9.58. The monoisotopic (exact) mass is 298 g/mol. The fraction of sp³-hybridized carbons (Fsp3) is 0.474. The lowest BCUT2D eigenvalue weighted by molar-refractivity contribution is -0.142. The predicted molar refractivity (Wildman–Crippen MR) is 85.7 cm³/mol. The summed E-state index contributed by atoms with van der Waals surface area (Å²) in [5.74, 6) is 1.20. The maximum atomic E-state index is 12.9. The van der Waals surface area contributed by atoms with E-state index in [0.29, 0.717) is 12.8 Å². The van der Waals surface area contributed by atoms with Crippen LogP contribution < -0.4 is 4.74 Å². The fourth-order valence-corrected chi connectivity index (χ4v) is 3.90. The van der Waals surface area contributed by atoms with E-state index in [9.17, 15) is 9.59 Å². The van der Waals surface area contributed by atoms with E-state index in [1.54, 1.807) is 7.11 Å². The summed E-state index contributed by atoms with van der Waals surface area (Å²) in [5.41, 5.74) is 1.39. The molecular formula is C19H22O3. The lowest BCUT2D eigenvalue weighted by Crippen LogP contribution is -2.46. The number of ether oxygens (including phenoxy) is 1. The molecule has 22 heavy (non-hydrogen) atoms. The molecule has 3 rings (SSSR count). The number of benzene rings is 1. The van der Waals surface area contributed by atoms with Crippen molar-refractivity contribution in [2.45, 2.75) is 39.0 Å². The molecule has 0 heterocycles. The molecule has 0 radical (unpaired) electrons. The average Bonchev–Trinajstić information content (AvgIpc) is 2.52. The first kappa shape index (κ1) is 15.0. The van der Waals surface area contributed by atoms with Gasteiger partial charge >= 0.3 is 0 Å². The summed E-state index contributed by atoms with van der Waals surface area (Å²) in [7, 11) is 1.64. The van der Waals surface area contributed by atoms with Crippen LogP contribution in [-0.2, 0) is 9.59 Å². The smallest absolute Gasteiger partial charge is 0.165 e. The minimum atomic E-state index is -0.480. The number of rotatable bonds is 2. The van der Waals surface area contributed by atoms with Gasteiger partial charge in [0.1, 0.15) is 11.5 Å². The van der Waals surface area contributed by atoms with E-state index in [2.05, 4.69) is 0 Å². The van der Waals surface area contributed by atoms with E-state index in [1.807, 2.05) is 37.3 Å². The largest absolute Gasteiger partial charge is 0.497 e. The van der Waals surface area contributed by atoms with E-state index in [0.717, 1.165) is 36.1 Å². The molecular weight excluding hydrogens is 276 g/mol. The molecule has 0 spiro atoms. The quantitative estimate of drug-likeness (QED) is 0.780. The minimum absolute atomic E-state index is 0.0678. The Morgan fingerprint density at radius 3 is 2.59 bits per heavy atom. The van der Waals surface area contributed by atoms with Crippen LogP contribution in [0.1, 0.15) is 44.6 Å². The number of hydrogen-bond donors (Lipinski definition) is 0. The number of methoxy groups -OCH3 is 1. The van der Waals surface area contributed by atoms with Crippen molar-refractivity contribution in [3.8, 4) is 5.75 Å². The van der Waals surface area contributed by atoms with E-state index in [1.165, 1.54) is 0 Å². The van der Waals surface area contributed by atoms with E-state index < -0.39 is 5.41 Å². The number of fused-ring (bicyclic) bond motifs is 1. The van der Waals surface area contributed by atoms with Crippen molar-refractivity contribution in [1.29, 1.82) is 0 Å². The Balaban J connectivity index is 1.87. The maximum Gasteiger partial charge on any atom is 0.165 e. The van der Waals surface area contributed by atoms with Crippen molar-refractivity contribution in [3.63, 3.8) is 0 Å². The van der Waals surface area contributed by atoms with E-state index in [4.69, 9.17) is 4.74 Å². The first-order valence-corrected chi connectivity index (χ1v) is 7.97. The van der Waals surface area contributed by atoms with Crippen LogP contribution in [0.3, 0.4) is 0 Å². The van der Waals surface area contributed by atoms with Gasteiger partial charge in [-0.3, -0.25) is 9.59 Å². The molecule has 2 fully saturated rings. The number of Topliss-reactive ketones (excluding diaryl/α,β-unsaturated/α-hetero) is 2. The highest BCUT2D eigenvalue weighted by Gasteiger charge is 2.49. The number of ketones is 2. The summed E-state index contributed by atoms with van der Waals surface area (Å²) >= 11 is 0. The molecule has 116 valence electrons. The van der Waals surface area contributed by atoms with Gasteiger partial charge < -0.3 is 4.74 Å². The summed E-state index contributed by atoms with van der Waals surface area (Å²) < 4.78 is 5.15. The van der Waals surface area contributed by atoms with Crippen molar-refractivity contribution in [2.75, 3.05) is 7.11 Å². The van der Waals surface area contributed by atoms with Gasteiger partial charge in [0.05, 0.1) is 7.11 Å². The van der Waals surface area contributed by atoms with Crippen molar-refractivity contribution in [2.24, 2.45) is 11.3 Å². The first-order chi connectivity index (χ1) is 10.5. The molecule has 0 unspecified atom stereocenters. The third-order valence-corrected chi connectivity index (χ3v) is 5.25. The zero-order valence-electron chi connectivity index (χ0n) is 13.2. The molecule has 3 heteroatoms. The summed E-state index contributed by atoms with van der Waals surface area (Å²) in [5, 5.41) is 0. The Labute approximate surface area is 131 Å². The topological polar surface area (TPSA) is 43.4 Å². The third-order valence-electron chi connectivity index (χ3n) is 5.25. The van der Waals surface area contributed by atoms with Gasteiger partial charge in [0.15, 0.2) is 5.78 Å². The zero-order valence-corrected chi connectivity index (χ0v) is 13.2. The van der Waals surface area contributed by atoms with Gasteiger partial charge in [-0.2, -0.15) is 0 Å². The molecule has 0 saturated heterocycles. The number of allylic oxidation sites excluding steroid dienone is 1. The van der Waals surface area contributed by atoms with Crippen molar-refractivity contribution in [1.82, 2.24) is 0 Å². The summed E-state index contributed by atoms with van der Waals surface area (Å²) in [4.78, 5) is 25.0. The van der Waals surface area contributed by atoms with Crippen LogP contribution in [0.15, 0.2) is 29.8 Å². The Morgan fingerprint density at radius 1 is 1.18 bits per heavy atom. The van der Waals surface area contributed by atoms with Crippen LogP contribution in [0.5, 0.6) is 5.75 Å². The number of carbonyl (C=O) groups excluding carboxylic acids is 2. The molecule has 3 nitrogen and oxygen atoms in total. The number of hydrogen-bond acceptors (Lipinski definition) is 3. The standard InChI is InChI=1S/C19H22O3/c1-19-11-3-4-17(20)16(19)10-7-14(18(19)21)12-13-5-8-15(22-2)9-6-13/h5-6,8-9,12,16H,3-4,7,10-11H2,1-2H3/b14-12+/t16-,19-/m0/s1. The molecule has 0 aliphatic heterocycles. The molecule has 1 aromatic carbocycles. The highest BCUT2D eigenvalue weighted by atomic mass is 16.5. The highest BCUT2D eigenvalue weighted by molar-refractivity contribution is 6.07. The second kappa shape index (κ2) is 5.71. The summed E-state index contributed by atoms with van der Waals surface area (Å²) in [6.07, 6.45) is 5.81. The number of carbonyl (C=O) groups is 2. The maximum absolute atomic E-state index is 12.9. The normalized spacial score (nSPS) is 30.3.